The van der Waals surface area contributed by atoms with Crippen LogP contribution in [0.2, 0.25) is 0 Å². The lowest BCUT2D eigenvalue weighted by atomic mass is 10.0. The lowest BCUT2D eigenvalue weighted by Gasteiger charge is -2.26. The highest BCUT2D eigenvalue weighted by atomic mass is 15.1. The zero-order chi connectivity index (χ0) is 14.3. The first kappa shape index (κ1) is 15.5. The number of anilines is 1. The minimum absolute atomic E-state index is 0.585. The summed E-state index contributed by atoms with van der Waals surface area (Å²) in [6, 6.07) is 10.5. The number of benzene rings is 1. The van der Waals surface area contributed by atoms with Crippen LogP contribution in [-0.4, -0.2) is 31.6 Å². The van der Waals surface area contributed by atoms with Crippen LogP contribution in [0.3, 0.4) is 0 Å². The summed E-state index contributed by atoms with van der Waals surface area (Å²) < 4.78 is 0. The normalized spacial score (nSPS) is 12.5. The van der Waals surface area contributed by atoms with E-state index in [4.69, 9.17) is 5.26 Å². The maximum atomic E-state index is 9.04. The van der Waals surface area contributed by atoms with Gasteiger partial charge in [0.25, 0.3) is 0 Å². The number of nitrogens with zero attached hydrogens (tertiary/aromatic N) is 2. The molecule has 3 heteroatoms. The largest absolute Gasteiger partial charge is 0.384 e. The molecular formula is C16H25N3. The van der Waals surface area contributed by atoms with Gasteiger partial charge in [-0.2, -0.15) is 5.26 Å². The Kier molecular flexibility index (Phi) is 6.38. The smallest absolute Gasteiger partial charge is 0.101 e. The summed E-state index contributed by atoms with van der Waals surface area (Å²) in [6.45, 7) is 5.41. The van der Waals surface area contributed by atoms with Crippen LogP contribution < -0.4 is 5.32 Å². The first-order chi connectivity index (χ1) is 9.04. The minimum atomic E-state index is 0.585. The highest BCUT2D eigenvalue weighted by Gasteiger charge is 2.13. The van der Waals surface area contributed by atoms with Gasteiger partial charge in [-0.1, -0.05) is 26.0 Å². The summed E-state index contributed by atoms with van der Waals surface area (Å²) in [5, 5.41) is 12.4. The molecular weight excluding hydrogens is 234 g/mol. The van der Waals surface area contributed by atoms with Crippen LogP contribution in [0.5, 0.6) is 0 Å². The molecule has 0 aliphatic carbocycles. The zero-order valence-electron chi connectivity index (χ0n) is 12.5. The van der Waals surface area contributed by atoms with Crippen molar-refractivity contribution in [2.45, 2.75) is 32.7 Å². The summed E-state index contributed by atoms with van der Waals surface area (Å²) in [7, 11) is 4.27. The summed E-state index contributed by atoms with van der Waals surface area (Å²) in [4.78, 5) is 2.29. The van der Waals surface area contributed by atoms with E-state index in [9.17, 15) is 0 Å². The zero-order valence-corrected chi connectivity index (χ0v) is 12.5. The maximum absolute atomic E-state index is 9.04. The van der Waals surface area contributed by atoms with Gasteiger partial charge >= 0.3 is 0 Å². The highest BCUT2D eigenvalue weighted by molar-refractivity contribution is 5.56. The van der Waals surface area contributed by atoms with Crippen molar-refractivity contribution < 1.29 is 0 Å². The Bertz CT molecular complexity index is 418. The van der Waals surface area contributed by atoms with Crippen molar-refractivity contribution in [3.8, 4) is 6.07 Å². The minimum Gasteiger partial charge on any atom is -0.384 e. The van der Waals surface area contributed by atoms with E-state index in [1.165, 1.54) is 6.42 Å². The van der Waals surface area contributed by atoms with Gasteiger partial charge < -0.3 is 10.2 Å². The standard InChI is InChI=1S/C16H25N3/c1-13(2)11-15(19(3)4)9-10-18-16-8-6-5-7-14(16)12-17/h5-8,13,15,18H,9-11H2,1-4H3. The van der Waals surface area contributed by atoms with Crippen molar-refractivity contribution in [1.82, 2.24) is 4.90 Å². The van der Waals surface area contributed by atoms with E-state index < -0.39 is 0 Å². The van der Waals surface area contributed by atoms with Gasteiger partial charge in [0, 0.05) is 12.6 Å². The van der Waals surface area contributed by atoms with E-state index in [0.717, 1.165) is 18.7 Å². The number of rotatable bonds is 7. The van der Waals surface area contributed by atoms with Crippen molar-refractivity contribution in [3.63, 3.8) is 0 Å². The van der Waals surface area contributed by atoms with Gasteiger partial charge in [-0.3, -0.25) is 0 Å². The van der Waals surface area contributed by atoms with Gasteiger partial charge in [0.15, 0.2) is 0 Å². The predicted molar refractivity (Wildman–Crippen MR) is 81.2 cm³/mol. The van der Waals surface area contributed by atoms with Gasteiger partial charge in [-0.15, -0.1) is 0 Å². The van der Waals surface area contributed by atoms with Crippen LogP contribution in [0.15, 0.2) is 24.3 Å². The van der Waals surface area contributed by atoms with E-state index in [0.29, 0.717) is 17.5 Å². The summed E-state index contributed by atoms with van der Waals surface area (Å²) in [5.74, 6) is 0.707. The molecule has 1 aromatic rings. The van der Waals surface area contributed by atoms with Crippen molar-refractivity contribution >= 4 is 5.69 Å². The van der Waals surface area contributed by atoms with Crippen LogP contribution in [0.1, 0.15) is 32.3 Å². The van der Waals surface area contributed by atoms with Gasteiger partial charge in [0.05, 0.1) is 11.3 Å². The summed E-state index contributed by atoms with van der Waals surface area (Å²) in [6.07, 6.45) is 2.29. The Balaban J connectivity index is 2.50. The molecule has 0 aliphatic rings. The fraction of sp³-hybridized carbons (Fsp3) is 0.562. The number of para-hydroxylation sites is 1. The molecule has 0 spiro atoms. The third-order valence-electron chi connectivity index (χ3n) is 3.31. The molecule has 1 atom stereocenters. The van der Waals surface area contributed by atoms with Crippen molar-refractivity contribution in [3.05, 3.63) is 29.8 Å². The maximum Gasteiger partial charge on any atom is 0.101 e. The molecule has 104 valence electrons. The molecule has 0 saturated heterocycles. The molecule has 1 N–H and O–H groups in total. The second kappa shape index (κ2) is 7.81. The molecule has 0 heterocycles. The highest BCUT2D eigenvalue weighted by Crippen LogP contribution is 2.16. The van der Waals surface area contributed by atoms with Gasteiger partial charge in [0.2, 0.25) is 0 Å². The van der Waals surface area contributed by atoms with Gasteiger partial charge in [0.1, 0.15) is 6.07 Å². The molecule has 1 aromatic carbocycles. The van der Waals surface area contributed by atoms with E-state index in [-0.39, 0.29) is 0 Å². The SMILES string of the molecule is CC(C)CC(CCNc1ccccc1C#N)N(C)C. The molecule has 19 heavy (non-hydrogen) atoms. The van der Waals surface area contributed by atoms with Crippen LogP contribution in [0, 0.1) is 17.2 Å². The van der Waals surface area contributed by atoms with E-state index in [2.05, 4.69) is 44.2 Å². The molecule has 0 aromatic heterocycles. The first-order valence-electron chi connectivity index (χ1n) is 6.94. The molecule has 0 fully saturated rings. The van der Waals surface area contributed by atoms with Crippen LogP contribution in [-0.2, 0) is 0 Å². The molecule has 1 rings (SSSR count). The molecule has 1 unspecified atom stereocenters. The molecule has 0 aliphatic heterocycles. The second-order valence-electron chi connectivity index (χ2n) is 5.62. The Morgan fingerprint density at radius 3 is 2.53 bits per heavy atom. The van der Waals surface area contributed by atoms with Gasteiger partial charge in [-0.05, 0) is 45.0 Å². The summed E-state index contributed by atoms with van der Waals surface area (Å²) >= 11 is 0. The topological polar surface area (TPSA) is 39.1 Å². The van der Waals surface area contributed by atoms with Crippen LogP contribution >= 0.6 is 0 Å². The van der Waals surface area contributed by atoms with Crippen molar-refractivity contribution in [1.29, 1.82) is 5.26 Å². The third-order valence-corrected chi connectivity index (χ3v) is 3.31. The first-order valence-corrected chi connectivity index (χ1v) is 6.94. The lowest BCUT2D eigenvalue weighted by molar-refractivity contribution is 0.246. The molecule has 0 bridgehead atoms. The Morgan fingerprint density at radius 2 is 1.95 bits per heavy atom. The predicted octanol–water partition coefficient (Wildman–Crippen LogP) is 3.34. The van der Waals surface area contributed by atoms with Crippen molar-refractivity contribution in [2.75, 3.05) is 26.0 Å². The number of nitrogens with one attached hydrogen (secondary N) is 1. The third kappa shape index (κ3) is 5.32. The monoisotopic (exact) mass is 259 g/mol. The van der Waals surface area contributed by atoms with Crippen LogP contribution in [0.4, 0.5) is 5.69 Å². The Hall–Kier alpha value is -1.53. The molecule has 3 nitrogen and oxygen atoms in total. The second-order valence-corrected chi connectivity index (χ2v) is 5.62. The Labute approximate surface area is 117 Å². The average molecular weight is 259 g/mol. The number of hydrogen-bond donors (Lipinski definition) is 1. The number of hydrogen-bond acceptors (Lipinski definition) is 3. The molecule has 0 saturated carbocycles. The lowest BCUT2D eigenvalue weighted by Crippen LogP contribution is -2.31. The average Bonchev–Trinajstić information content (AvgIpc) is 2.37. The van der Waals surface area contributed by atoms with Crippen LogP contribution in [0.25, 0.3) is 0 Å². The Morgan fingerprint density at radius 1 is 1.26 bits per heavy atom. The summed E-state index contributed by atoms with van der Waals surface area (Å²) in [5.41, 5.74) is 1.65. The van der Waals surface area contributed by atoms with E-state index >= 15 is 0 Å². The van der Waals surface area contributed by atoms with Gasteiger partial charge in [-0.25, -0.2) is 0 Å². The van der Waals surface area contributed by atoms with Crippen molar-refractivity contribution in [2.24, 2.45) is 5.92 Å². The molecule has 0 amide bonds. The number of nitriles is 1. The fourth-order valence-corrected chi connectivity index (χ4v) is 2.24. The van der Waals surface area contributed by atoms with E-state index in [1.54, 1.807) is 0 Å². The quantitative estimate of drug-likeness (QED) is 0.816. The van der Waals surface area contributed by atoms with E-state index in [1.807, 2.05) is 24.3 Å². The fourth-order valence-electron chi connectivity index (χ4n) is 2.24. The molecule has 0 radical (unpaired) electrons.